The number of nitrogens with zero attached hydrogens (tertiary/aromatic N) is 2. The number of aromatic nitrogens is 2. The van der Waals surface area contributed by atoms with Gasteiger partial charge in [0.2, 0.25) is 12.1 Å². The van der Waals surface area contributed by atoms with Crippen LogP contribution in [0.15, 0.2) is 36.7 Å². The van der Waals surface area contributed by atoms with Crippen molar-refractivity contribution in [3.63, 3.8) is 0 Å². The second kappa shape index (κ2) is 8.59. The minimum absolute atomic E-state index is 0.0474. The van der Waals surface area contributed by atoms with Crippen molar-refractivity contribution in [2.24, 2.45) is 0 Å². The number of benzene rings is 1. The molecule has 2 heterocycles. The van der Waals surface area contributed by atoms with Crippen molar-refractivity contribution in [1.29, 1.82) is 0 Å². The smallest absolute Gasteiger partial charge is 0.376 e. The number of carbonyl (C=O) groups is 1. The van der Waals surface area contributed by atoms with E-state index in [2.05, 4.69) is 14.7 Å². The average molecular weight is 392 g/mol. The number of methoxy groups -OCH3 is 1. The molecule has 0 saturated carbocycles. The highest BCUT2D eigenvalue weighted by molar-refractivity contribution is 5.85. The standard InChI is InChI=1S/C18H20N2O8/c1-26-17(25)16-19-6-10(7-20-16)9-2-4-11(5-3-9)27-18-15(24)14(23)13(22)12(8-21)28-18/h2-7,12-15,18,21-24H,8H2,1H3/t12-,13-,14+,15+,18+/m1/s1. The van der Waals surface area contributed by atoms with Gasteiger partial charge in [-0.15, -0.1) is 0 Å². The summed E-state index contributed by atoms with van der Waals surface area (Å²) in [5.74, 6) is -0.344. The molecule has 1 aliphatic rings. The maximum absolute atomic E-state index is 11.4. The van der Waals surface area contributed by atoms with Crippen LogP contribution in [-0.2, 0) is 9.47 Å². The number of carbonyl (C=O) groups excluding carboxylic acids is 1. The normalized spacial score (nSPS) is 27.2. The van der Waals surface area contributed by atoms with Crippen molar-refractivity contribution in [2.45, 2.75) is 30.7 Å². The molecule has 150 valence electrons. The van der Waals surface area contributed by atoms with E-state index in [1.807, 2.05) is 0 Å². The maximum atomic E-state index is 11.4. The van der Waals surface area contributed by atoms with Crippen LogP contribution in [0.4, 0.5) is 0 Å². The highest BCUT2D eigenvalue weighted by Crippen LogP contribution is 2.26. The first-order valence-electron chi connectivity index (χ1n) is 8.42. The summed E-state index contributed by atoms with van der Waals surface area (Å²) in [5, 5.41) is 38.8. The van der Waals surface area contributed by atoms with Gasteiger partial charge < -0.3 is 34.6 Å². The van der Waals surface area contributed by atoms with E-state index in [1.165, 1.54) is 19.5 Å². The van der Waals surface area contributed by atoms with Crippen LogP contribution in [0.3, 0.4) is 0 Å². The predicted octanol–water partition coefficient (Wildman–Crippen LogP) is -0.891. The van der Waals surface area contributed by atoms with Crippen molar-refractivity contribution >= 4 is 5.97 Å². The third-order valence-corrected chi connectivity index (χ3v) is 4.31. The highest BCUT2D eigenvalue weighted by Gasteiger charge is 2.44. The molecule has 5 atom stereocenters. The monoisotopic (exact) mass is 392 g/mol. The Labute approximate surface area is 160 Å². The molecule has 10 nitrogen and oxygen atoms in total. The minimum atomic E-state index is -1.51. The topological polar surface area (TPSA) is 151 Å². The number of rotatable bonds is 5. The van der Waals surface area contributed by atoms with Crippen molar-refractivity contribution in [1.82, 2.24) is 9.97 Å². The summed E-state index contributed by atoms with van der Waals surface area (Å²) in [6.45, 7) is -0.536. The SMILES string of the molecule is COC(=O)c1ncc(-c2ccc(O[C@H]3O[C@H](CO)[C@@H](O)[C@H](O)[C@@H]3O)cc2)cn1. The molecular formula is C18H20N2O8. The molecule has 0 aliphatic carbocycles. The van der Waals surface area contributed by atoms with Crippen molar-refractivity contribution in [3.8, 4) is 16.9 Å². The quantitative estimate of drug-likeness (QED) is 0.472. The molecule has 3 rings (SSSR count). The van der Waals surface area contributed by atoms with E-state index in [0.29, 0.717) is 11.3 Å². The second-order valence-corrected chi connectivity index (χ2v) is 6.13. The first-order chi connectivity index (χ1) is 13.4. The average Bonchev–Trinajstić information content (AvgIpc) is 2.74. The Morgan fingerprint density at radius 1 is 1.04 bits per heavy atom. The highest BCUT2D eigenvalue weighted by atomic mass is 16.7. The molecule has 0 amide bonds. The molecule has 0 unspecified atom stereocenters. The molecule has 1 aromatic heterocycles. The Morgan fingerprint density at radius 2 is 1.68 bits per heavy atom. The van der Waals surface area contributed by atoms with Gasteiger partial charge in [0, 0.05) is 18.0 Å². The molecule has 0 spiro atoms. The van der Waals surface area contributed by atoms with Crippen LogP contribution in [0.5, 0.6) is 5.75 Å². The van der Waals surface area contributed by atoms with E-state index < -0.39 is 43.3 Å². The van der Waals surface area contributed by atoms with Crippen LogP contribution in [0, 0.1) is 0 Å². The van der Waals surface area contributed by atoms with Gasteiger partial charge in [-0.05, 0) is 17.7 Å². The number of aliphatic hydroxyl groups is 4. The van der Waals surface area contributed by atoms with Gasteiger partial charge in [0.25, 0.3) is 0 Å². The Balaban J connectivity index is 1.70. The van der Waals surface area contributed by atoms with E-state index in [-0.39, 0.29) is 5.82 Å². The van der Waals surface area contributed by atoms with Crippen LogP contribution < -0.4 is 4.74 Å². The van der Waals surface area contributed by atoms with Gasteiger partial charge in [-0.3, -0.25) is 0 Å². The fourth-order valence-corrected chi connectivity index (χ4v) is 2.70. The van der Waals surface area contributed by atoms with Gasteiger partial charge >= 0.3 is 5.97 Å². The van der Waals surface area contributed by atoms with Crippen molar-refractivity contribution in [3.05, 3.63) is 42.5 Å². The summed E-state index contributed by atoms with van der Waals surface area (Å²) in [7, 11) is 1.24. The molecule has 1 aliphatic heterocycles. The van der Waals surface area contributed by atoms with E-state index in [0.717, 1.165) is 5.56 Å². The minimum Gasteiger partial charge on any atom is -0.463 e. The number of ether oxygens (including phenoxy) is 3. The van der Waals surface area contributed by atoms with Crippen LogP contribution in [0.2, 0.25) is 0 Å². The molecule has 1 fully saturated rings. The second-order valence-electron chi connectivity index (χ2n) is 6.13. The van der Waals surface area contributed by atoms with Crippen molar-refractivity contribution in [2.75, 3.05) is 13.7 Å². The Morgan fingerprint density at radius 3 is 2.25 bits per heavy atom. The Kier molecular flexibility index (Phi) is 6.17. The Bertz CT molecular complexity index is 796. The lowest BCUT2D eigenvalue weighted by Gasteiger charge is -2.39. The third kappa shape index (κ3) is 4.11. The molecule has 0 bridgehead atoms. The zero-order chi connectivity index (χ0) is 20.3. The summed E-state index contributed by atoms with van der Waals surface area (Å²) >= 11 is 0. The van der Waals surface area contributed by atoms with Gasteiger partial charge in [-0.25, -0.2) is 14.8 Å². The van der Waals surface area contributed by atoms with E-state index >= 15 is 0 Å². The lowest BCUT2D eigenvalue weighted by atomic mass is 9.99. The van der Waals surface area contributed by atoms with Gasteiger partial charge in [0.15, 0.2) is 0 Å². The molecule has 4 N–H and O–H groups in total. The molecule has 28 heavy (non-hydrogen) atoms. The molecule has 1 aromatic carbocycles. The zero-order valence-corrected chi connectivity index (χ0v) is 14.9. The summed E-state index contributed by atoms with van der Waals surface area (Å²) in [6.07, 6.45) is -3.80. The fraction of sp³-hybridized carbons (Fsp3) is 0.389. The van der Waals surface area contributed by atoms with Gasteiger partial charge in [0.1, 0.15) is 30.2 Å². The van der Waals surface area contributed by atoms with Crippen LogP contribution in [0.25, 0.3) is 11.1 Å². The third-order valence-electron chi connectivity index (χ3n) is 4.31. The molecule has 1 saturated heterocycles. The first-order valence-corrected chi connectivity index (χ1v) is 8.42. The summed E-state index contributed by atoms with van der Waals surface area (Å²) in [4.78, 5) is 19.2. The lowest BCUT2D eigenvalue weighted by Crippen LogP contribution is -2.60. The van der Waals surface area contributed by atoms with Crippen molar-refractivity contribution < 1.29 is 39.4 Å². The predicted molar refractivity (Wildman–Crippen MR) is 93.2 cm³/mol. The first kappa shape index (κ1) is 20.1. The number of hydrogen-bond acceptors (Lipinski definition) is 10. The maximum Gasteiger partial charge on any atom is 0.376 e. The van der Waals surface area contributed by atoms with E-state index in [4.69, 9.17) is 9.47 Å². The largest absolute Gasteiger partial charge is 0.463 e. The van der Waals surface area contributed by atoms with Crippen LogP contribution >= 0.6 is 0 Å². The molecular weight excluding hydrogens is 372 g/mol. The van der Waals surface area contributed by atoms with Crippen LogP contribution in [-0.4, -0.2) is 80.8 Å². The summed E-state index contributed by atoms with van der Waals surface area (Å²) in [5.41, 5.74) is 1.41. The zero-order valence-electron chi connectivity index (χ0n) is 14.9. The Hall–Kier alpha value is -2.63. The van der Waals surface area contributed by atoms with Crippen LogP contribution in [0.1, 0.15) is 10.6 Å². The fourth-order valence-electron chi connectivity index (χ4n) is 2.70. The molecule has 2 aromatic rings. The molecule has 10 heteroatoms. The lowest BCUT2D eigenvalue weighted by molar-refractivity contribution is -0.277. The summed E-state index contributed by atoms with van der Waals surface area (Å²) < 4.78 is 15.4. The van der Waals surface area contributed by atoms with Gasteiger partial charge in [0.05, 0.1) is 13.7 Å². The number of hydrogen-bond donors (Lipinski definition) is 4. The number of esters is 1. The van der Waals surface area contributed by atoms with Gasteiger partial charge in [-0.1, -0.05) is 12.1 Å². The summed E-state index contributed by atoms with van der Waals surface area (Å²) in [6, 6.07) is 6.61. The number of aliphatic hydroxyl groups excluding tert-OH is 4. The molecule has 0 radical (unpaired) electrons. The van der Waals surface area contributed by atoms with E-state index in [9.17, 15) is 25.2 Å². The van der Waals surface area contributed by atoms with E-state index in [1.54, 1.807) is 24.3 Å². The van der Waals surface area contributed by atoms with Gasteiger partial charge in [-0.2, -0.15) is 0 Å².